The summed E-state index contributed by atoms with van der Waals surface area (Å²) in [6.45, 7) is 3.12. The SMILES string of the molecule is Cc1ccc(CNC(=O)C(=O)N(CCN(C)C)C2CCS(=O)(=O)C2)cc1. The summed E-state index contributed by atoms with van der Waals surface area (Å²) < 4.78 is 23.5. The number of benzene rings is 1. The first-order valence-corrected chi connectivity index (χ1v) is 10.5. The van der Waals surface area contributed by atoms with Gasteiger partial charge in [0.25, 0.3) is 0 Å². The molecule has 0 bridgehead atoms. The van der Waals surface area contributed by atoms with Crippen LogP contribution in [0.25, 0.3) is 0 Å². The Morgan fingerprint density at radius 3 is 2.35 bits per heavy atom. The zero-order valence-corrected chi connectivity index (χ0v) is 16.4. The molecule has 0 spiro atoms. The van der Waals surface area contributed by atoms with E-state index in [1.54, 1.807) is 0 Å². The molecule has 0 aromatic heterocycles. The van der Waals surface area contributed by atoms with Crippen LogP contribution in [-0.4, -0.2) is 74.8 Å². The number of aryl methyl sites for hydroxylation is 1. The number of rotatable bonds is 6. The van der Waals surface area contributed by atoms with Crippen molar-refractivity contribution in [1.29, 1.82) is 0 Å². The average Bonchev–Trinajstić information content (AvgIpc) is 2.93. The molecule has 2 rings (SSSR count). The smallest absolute Gasteiger partial charge is 0.312 e. The van der Waals surface area contributed by atoms with Crippen LogP contribution in [0.15, 0.2) is 24.3 Å². The first-order valence-electron chi connectivity index (χ1n) is 8.67. The number of carbonyl (C=O) groups is 2. The highest BCUT2D eigenvalue weighted by atomic mass is 32.2. The van der Waals surface area contributed by atoms with Gasteiger partial charge < -0.3 is 15.1 Å². The van der Waals surface area contributed by atoms with Crippen molar-refractivity contribution in [2.24, 2.45) is 0 Å². The van der Waals surface area contributed by atoms with Crippen LogP contribution in [0, 0.1) is 6.92 Å². The van der Waals surface area contributed by atoms with Crippen LogP contribution >= 0.6 is 0 Å². The molecule has 1 aliphatic heterocycles. The number of amides is 2. The third-order valence-electron chi connectivity index (χ3n) is 4.47. The Labute approximate surface area is 155 Å². The van der Waals surface area contributed by atoms with Gasteiger partial charge in [-0.3, -0.25) is 9.59 Å². The molecule has 1 N–H and O–H groups in total. The lowest BCUT2D eigenvalue weighted by Crippen LogP contribution is -2.50. The highest BCUT2D eigenvalue weighted by Gasteiger charge is 2.36. The summed E-state index contributed by atoms with van der Waals surface area (Å²) in [7, 11) is 0.596. The van der Waals surface area contributed by atoms with Crippen LogP contribution in [0.4, 0.5) is 0 Å². The molecular weight excluding hydrogens is 354 g/mol. The van der Waals surface area contributed by atoms with E-state index in [2.05, 4.69) is 5.32 Å². The van der Waals surface area contributed by atoms with Crippen LogP contribution in [0.2, 0.25) is 0 Å². The van der Waals surface area contributed by atoms with Crippen LogP contribution in [0.1, 0.15) is 17.5 Å². The number of hydrogen-bond acceptors (Lipinski definition) is 5. The zero-order valence-electron chi connectivity index (χ0n) is 15.6. The van der Waals surface area contributed by atoms with Crippen molar-refractivity contribution in [3.05, 3.63) is 35.4 Å². The molecule has 1 unspecified atom stereocenters. The Bertz CT molecular complexity index is 744. The van der Waals surface area contributed by atoms with E-state index in [9.17, 15) is 18.0 Å². The molecule has 2 amide bonds. The molecule has 0 saturated carbocycles. The van der Waals surface area contributed by atoms with Crippen molar-refractivity contribution in [3.63, 3.8) is 0 Å². The maximum absolute atomic E-state index is 12.6. The van der Waals surface area contributed by atoms with Gasteiger partial charge in [-0.05, 0) is 33.0 Å². The Balaban J connectivity index is 2.01. The van der Waals surface area contributed by atoms with E-state index < -0.39 is 27.7 Å². The molecule has 1 saturated heterocycles. The summed E-state index contributed by atoms with van der Waals surface area (Å²) in [4.78, 5) is 28.3. The summed E-state index contributed by atoms with van der Waals surface area (Å²) >= 11 is 0. The lowest BCUT2D eigenvalue weighted by molar-refractivity contribution is -0.147. The molecule has 1 aromatic rings. The van der Waals surface area contributed by atoms with Gasteiger partial charge in [0.15, 0.2) is 9.84 Å². The molecule has 1 heterocycles. The van der Waals surface area contributed by atoms with Gasteiger partial charge in [0.2, 0.25) is 0 Å². The van der Waals surface area contributed by atoms with Crippen molar-refractivity contribution in [2.75, 3.05) is 38.7 Å². The maximum Gasteiger partial charge on any atom is 0.312 e. The lowest BCUT2D eigenvalue weighted by Gasteiger charge is -2.28. The second-order valence-electron chi connectivity index (χ2n) is 7.03. The fourth-order valence-electron chi connectivity index (χ4n) is 2.87. The van der Waals surface area contributed by atoms with E-state index in [0.29, 0.717) is 19.5 Å². The quantitative estimate of drug-likeness (QED) is 0.711. The largest absolute Gasteiger partial charge is 0.344 e. The topological polar surface area (TPSA) is 86.8 Å². The molecule has 26 heavy (non-hydrogen) atoms. The highest BCUT2D eigenvalue weighted by Crippen LogP contribution is 2.18. The summed E-state index contributed by atoms with van der Waals surface area (Å²) in [5.41, 5.74) is 2.02. The second kappa shape index (κ2) is 8.64. The second-order valence-corrected chi connectivity index (χ2v) is 9.26. The molecular formula is C18H27N3O4S. The number of nitrogens with one attached hydrogen (secondary N) is 1. The number of sulfone groups is 1. The monoisotopic (exact) mass is 381 g/mol. The summed E-state index contributed by atoms with van der Waals surface area (Å²) in [5.74, 6) is -1.37. The van der Waals surface area contributed by atoms with Crippen molar-refractivity contribution in [1.82, 2.24) is 15.1 Å². The molecule has 1 aliphatic rings. The van der Waals surface area contributed by atoms with E-state index in [0.717, 1.165) is 11.1 Å². The number of likely N-dealkylation sites (N-methyl/N-ethyl adjacent to an activating group) is 1. The molecule has 1 aromatic carbocycles. The third-order valence-corrected chi connectivity index (χ3v) is 6.22. The van der Waals surface area contributed by atoms with E-state index >= 15 is 0 Å². The first-order chi connectivity index (χ1) is 12.2. The Morgan fingerprint density at radius 1 is 1.15 bits per heavy atom. The van der Waals surface area contributed by atoms with Gasteiger partial charge >= 0.3 is 11.8 Å². The Morgan fingerprint density at radius 2 is 1.81 bits per heavy atom. The average molecular weight is 381 g/mol. The third kappa shape index (κ3) is 5.81. The van der Waals surface area contributed by atoms with Gasteiger partial charge in [-0.1, -0.05) is 29.8 Å². The van der Waals surface area contributed by atoms with Gasteiger partial charge in [0.1, 0.15) is 0 Å². The van der Waals surface area contributed by atoms with Crippen LogP contribution in [-0.2, 0) is 26.0 Å². The van der Waals surface area contributed by atoms with E-state index in [4.69, 9.17) is 0 Å². The van der Waals surface area contributed by atoms with Crippen LogP contribution in [0.3, 0.4) is 0 Å². The van der Waals surface area contributed by atoms with Gasteiger partial charge in [-0.15, -0.1) is 0 Å². The van der Waals surface area contributed by atoms with Gasteiger partial charge in [0.05, 0.1) is 11.5 Å². The molecule has 1 atom stereocenters. The summed E-state index contributed by atoms with van der Waals surface area (Å²) in [6.07, 6.45) is 0.382. The fraction of sp³-hybridized carbons (Fsp3) is 0.556. The summed E-state index contributed by atoms with van der Waals surface area (Å²) in [6, 6.07) is 7.24. The summed E-state index contributed by atoms with van der Waals surface area (Å²) in [5, 5.41) is 2.64. The van der Waals surface area contributed by atoms with Gasteiger partial charge in [-0.25, -0.2) is 8.42 Å². The molecule has 0 aliphatic carbocycles. The predicted octanol–water partition coefficient (Wildman–Crippen LogP) is 0.189. The van der Waals surface area contributed by atoms with Crippen LogP contribution in [0.5, 0.6) is 0 Å². The number of carbonyl (C=O) groups excluding carboxylic acids is 2. The van der Waals surface area contributed by atoms with Crippen molar-refractivity contribution < 1.29 is 18.0 Å². The fourth-order valence-corrected chi connectivity index (χ4v) is 4.60. The lowest BCUT2D eigenvalue weighted by atomic mass is 10.1. The number of hydrogen-bond donors (Lipinski definition) is 1. The maximum atomic E-state index is 12.6. The molecule has 7 nitrogen and oxygen atoms in total. The highest BCUT2D eigenvalue weighted by molar-refractivity contribution is 7.91. The van der Waals surface area contributed by atoms with Crippen LogP contribution < -0.4 is 5.32 Å². The Hall–Kier alpha value is -1.93. The molecule has 0 radical (unpaired) electrons. The molecule has 8 heteroatoms. The minimum absolute atomic E-state index is 0.0639. The van der Waals surface area contributed by atoms with Crippen molar-refractivity contribution >= 4 is 21.7 Å². The van der Waals surface area contributed by atoms with Gasteiger partial charge in [0, 0.05) is 25.7 Å². The Kier molecular flexibility index (Phi) is 6.77. The standard InChI is InChI=1S/C18H27N3O4S/c1-14-4-6-15(7-5-14)12-19-17(22)18(23)21(10-9-20(2)3)16-8-11-26(24,25)13-16/h4-7,16H,8-13H2,1-3H3,(H,19,22). The van der Waals surface area contributed by atoms with E-state index in [1.807, 2.05) is 50.2 Å². The van der Waals surface area contributed by atoms with Gasteiger partial charge in [-0.2, -0.15) is 0 Å². The van der Waals surface area contributed by atoms with Crippen molar-refractivity contribution in [3.8, 4) is 0 Å². The zero-order chi connectivity index (χ0) is 19.3. The molecule has 1 fully saturated rings. The van der Waals surface area contributed by atoms with E-state index in [1.165, 1.54) is 4.90 Å². The predicted molar refractivity (Wildman–Crippen MR) is 100 cm³/mol. The minimum atomic E-state index is -3.14. The first kappa shape index (κ1) is 20.4. The normalized spacial score (nSPS) is 18.7. The molecule has 144 valence electrons. The van der Waals surface area contributed by atoms with E-state index in [-0.39, 0.29) is 18.1 Å². The minimum Gasteiger partial charge on any atom is -0.344 e. The number of nitrogens with zero attached hydrogens (tertiary/aromatic N) is 2. The van der Waals surface area contributed by atoms with Crippen molar-refractivity contribution in [2.45, 2.75) is 25.9 Å².